The molecule has 4 rings (SSSR count). The molecule has 0 aliphatic carbocycles. The molecule has 1 N–H and O–H groups in total. The van der Waals surface area contributed by atoms with E-state index in [1.54, 1.807) is 60.4 Å². The third-order valence-electron chi connectivity index (χ3n) is 5.74. The maximum Gasteiger partial charge on any atom is 0.325 e. The number of hydrogen-bond acceptors (Lipinski definition) is 5. The molecule has 0 saturated carbocycles. The normalized spacial score (nSPS) is 20.7. The Labute approximate surface area is 179 Å². The number of urea groups is 1. The molecule has 2 aliphatic rings. The van der Waals surface area contributed by atoms with E-state index in [0.29, 0.717) is 29.7 Å². The van der Waals surface area contributed by atoms with Crippen LogP contribution in [0.15, 0.2) is 48.5 Å². The van der Waals surface area contributed by atoms with Crippen LogP contribution in [0.25, 0.3) is 0 Å². The van der Waals surface area contributed by atoms with Crippen LogP contribution in [0.3, 0.4) is 0 Å². The summed E-state index contributed by atoms with van der Waals surface area (Å²) in [4.78, 5) is 52.6. The molecule has 2 aromatic rings. The van der Waals surface area contributed by atoms with Crippen LogP contribution in [0.1, 0.15) is 41.3 Å². The number of ketones is 1. The molecular formula is C23H20N4O4. The molecule has 2 aromatic carbocycles. The fourth-order valence-corrected chi connectivity index (χ4v) is 3.90. The van der Waals surface area contributed by atoms with Crippen molar-refractivity contribution in [2.24, 2.45) is 0 Å². The quantitative estimate of drug-likeness (QED) is 0.594. The van der Waals surface area contributed by atoms with Gasteiger partial charge in [0.05, 0.1) is 18.2 Å². The number of imide groups is 1. The molecule has 0 bridgehead atoms. The fraction of sp³-hybridized carbons (Fsp3) is 0.261. The summed E-state index contributed by atoms with van der Waals surface area (Å²) in [7, 11) is 0. The lowest BCUT2D eigenvalue weighted by molar-refractivity contribution is -0.130. The van der Waals surface area contributed by atoms with E-state index in [9.17, 15) is 19.2 Å². The summed E-state index contributed by atoms with van der Waals surface area (Å²) in [5, 5.41) is 11.6. The predicted octanol–water partition coefficient (Wildman–Crippen LogP) is 2.33. The first kappa shape index (κ1) is 20.3. The van der Waals surface area contributed by atoms with Crippen molar-refractivity contribution in [3.63, 3.8) is 0 Å². The second-order valence-corrected chi connectivity index (χ2v) is 7.75. The number of anilines is 1. The van der Waals surface area contributed by atoms with Crippen LogP contribution < -0.4 is 10.2 Å². The Bertz CT molecular complexity index is 1120. The molecule has 0 unspecified atom stereocenters. The third kappa shape index (κ3) is 3.55. The van der Waals surface area contributed by atoms with Crippen LogP contribution in [-0.4, -0.2) is 41.6 Å². The minimum atomic E-state index is -1.31. The van der Waals surface area contributed by atoms with Crippen molar-refractivity contribution in [1.82, 2.24) is 10.2 Å². The van der Waals surface area contributed by atoms with Crippen LogP contribution in [0.2, 0.25) is 0 Å². The number of rotatable bonds is 5. The zero-order valence-corrected chi connectivity index (χ0v) is 16.9. The van der Waals surface area contributed by atoms with E-state index in [1.165, 1.54) is 0 Å². The Morgan fingerprint density at radius 1 is 1.10 bits per heavy atom. The van der Waals surface area contributed by atoms with E-state index in [-0.39, 0.29) is 11.7 Å². The lowest BCUT2D eigenvalue weighted by Gasteiger charge is -2.22. The molecular weight excluding hydrogens is 396 g/mol. The number of carbonyl (C=O) groups is 4. The van der Waals surface area contributed by atoms with Crippen molar-refractivity contribution in [1.29, 1.82) is 5.26 Å². The first-order valence-corrected chi connectivity index (χ1v) is 9.92. The zero-order valence-electron chi connectivity index (χ0n) is 16.9. The van der Waals surface area contributed by atoms with Gasteiger partial charge in [-0.05, 0) is 55.3 Å². The average molecular weight is 416 g/mol. The van der Waals surface area contributed by atoms with Gasteiger partial charge in [-0.15, -0.1) is 0 Å². The highest BCUT2D eigenvalue weighted by Crippen LogP contribution is 2.29. The van der Waals surface area contributed by atoms with Gasteiger partial charge in [0.15, 0.2) is 5.78 Å². The molecule has 0 radical (unpaired) electrons. The summed E-state index contributed by atoms with van der Waals surface area (Å²) in [5.74, 6) is -0.859. The monoisotopic (exact) mass is 416 g/mol. The second-order valence-electron chi connectivity index (χ2n) is 7.75. The Kier molecular flexibility index (Phi) is 5.03. The third-order valence-corrected chi connectivity index (χ3v) is 5.74. The Morgan fingerprint density at radius 3 is 2.35 bits per heavy atom. The number of benzene rings is 2. The molecule has 156 valence electrons. The summed E-state index contributed by atoms with van der Waals surface area (Å²) >= 11 is 0. The van der Waals surface area contributed by atoms with E-state index in [4.69, 9.17) is 5.26 Å². The predicted molar refractivity (Wildman–Crippen MR) is 111 cm³/mol. The van der Waals surface area contributed by atoms with Crippen molar-refractivity contribution in [3.05, 3.63) is 65.2 Å². The van der Waals surface area contributed by atoms with Gasteiger partial charge in [-0.1, -0.05) is 12.1 Å². The molecule has 8 nitrogen and oxygen atoms in total. The maximum atomic E-state index is 13.0. The standard InChI is InChI=1S/C23H20N4O4/c1-23(17-8-4-15(13-24)5-9-17)21(30)27(22(31)25-23)14-19(28)16-6-10-18(11-7-16)26-12-2-3-20(26)29/h4-11H,2-3,12,14H2,1H3,(H,25,31)/t23-/m0/s1. The summed E-state index contributed by atoms with van der Waals surface area (Å²) < 4.78 is 0. The minimum Gasteiger partial charge on any atom is -0.319 e. The van der Waals surface area contributed by atoms with E-state index in [0.717, 1.165) is 17.0 Å². The molecule has 2 aliphatic heterocycles. The average Bonchev–Trinajstić information content (AvgIpc) is 3.30. The molecule has 8 heteroatoms. The van der Waals surface area contributed by atoms with Crippen molar-refractivity contribution in [2.75, 3.05) is 18.0 Å². The number of nitrogens with one attached hydrogen (secondary N) is 1. The van der Waals surface area contributed by atoms with Gasteiger partial charge >= 0.3 is 6.03 Å². The van der Waals surface area contributed by atoms with E-state index < -0.39 is 24.0 Å². The number of amides is 4. The summed E-state index contributed by atoms with van der Waals surface area (Å²) in [5.41, 5.74) is 0.728. The van der Waals surface area contributed by atoms with Crippen molar-refractivity contribution >= 4 is 29.3 Å². The largest absolute Gasteiger partial charge is 0.325 e. The van der Waals surface area contributed by atoms with Gasteiger partial charge in [0.1, 0.15) is 5.54 Å². The van der Waals surface area contributed by atoms with Crippen molar-refractivity contribution < 1.29 is 19.2 Å². The van der Waals surface area contributed by atoms with Gasteiger partial charge in [0, 0.05) is 24.2 Å². The molecule has 0 aromatic heterocycles. The summed E-state index contributed by atoms with van der Waals surface area (Å²) in [6.45, 7) is 1.84. The first-order chi connectivity index (χ1) is 14.8. The van der Waals surface area contributed by atoms with Crippen molar-refractivity contribution in [2.45, 2.75) is 25.3 Å². The second kappa shape index (κ2) is 7.69. The lowest BCUT2D eigenvalue weighted by atomic mass is 9.91. The number of carbonyl (C=O) groups excluding carboxylic acids is 4. The van der Waals surface area contributed by atoms with Gasteiger partial charge in [-0.25, -0.2) is 4.79 Å². The Balaban J connectivity index is 1.49. The minimum absolute atomic E-state index is 0.0560. The van der Waals surface area contributed by atoms with Gasteiger partial charge in [-0.2, -0.15) is 5.26 Å². The number of nitriles is 1. The van der Waals surface area contributed by atoms with E-state index in [2.05, 4.69) is 5.32 Å². The highest BCUT2D eigenvalue weighted by Gasteiger charge is 2.49. The zero-order chi connectivity index (χ0) is 22.2. The maximum absolute atomic E-state index is 13.0. The highest BCUT2D eigenvalue weighted by molar-refractivity contribution is 6.11. The highest BCUT2D eigenvalue weighted by atomic mass is 16.2. The first-order valence-electron chi connectivity index (χ1n) is 9.92. The summed E-state index contributed by atoms with van der Waals surface area (Å²) in [6.07, 6.45) is 1.33. The van der Waals surface area contributed by atoms with Gasteiger partial charge in [-0.3, -0.25) is 19.3 Å². The topological polar surface area (TPSA) is 111 Å². The van der Waals surface area contributed by atoms with Crippen LogP contribution >= 0.6 is 0 Å². The number of nitrogens with zero attached hydrogens (tertiary/aromatic N) is 3. The summed E-state index contributed by atoms with van der Waals surface area (Å²) in [6, 6.07) is 14.3. The fourth-order valence-electron chi connectivity index (χ4n) is 3.90. The Morgan fingerprint density at radius 2 is 1.77 bits per heavy atom. The molecule has 1 atom stereocenters. The van der Waals surface area contributed by atoms with Gasteiger partial charge in [0.2, 0.25) is 5.91 Å². The molecule has 2 heterocycles. The molecule has 4 amide bonds. The molecule has 2 saturated heterocycles. The van der Waals surface area contributed by atoms with Crippen LogP contribution in [0.4, 0.5) is 10.5 Å². The SMILES string of the molecule is C[C@@]1(c2ccc(C#N)cc2)NC(=O)N(CC(=O)c2ccc(N3CCCC3=O)cc2)C1=O. The molecule has 0 spiro atoms. The van der Waals surface area contributed by atoms with Crippen molar-refractivity contribution in [3.8, 4) is 6.07 Å². The van der Waals surface area contributed by atoms with Gasteiger partial charge < -0.3 is 10.2 Å². The molecule has 2 fully saturated rings. The number of Topliss-reactive ketones (excluding diaryl/α,β-unsaturated/α-hetero) is 1. The van der Waals surface area contributed by atoms with Crippen LogP contribution in [0.5, 0.6) is 0 Å². The van der Waals surface area contributed by atoms with E-state index in [1.807, 2.05) is 6.07 Å². The lowest BCUT2D eigenvalue weighted by Crippen LogP contribution is -2.41. The van der Waals surface area contributed by atoms with Crippen LogP contribution in [0, 0.1) is 11.3 Å². The molecule has 31 heavy (non-hydrogen) atoms. The van der Waals surface area contributed by atoms with Crippen LogP contribution in [-0.2, 0) is 15.1 Å². The Hall–Kier alpha value is -3.99. The van der Waals surface area contributed by atoms with Gasteiger partial charge in [0.25, 0.3) is 5.91 Å². The smallest absolute Gasteiger partial charge is 0.319 e. The van der Waals surface area contributed by atoms with E-state index >= 15 is 0 Å². The number of hydrogen-bond donors (Lipinski definition) is 1.